The maximum atomic E-state index is 12.6. The Balaban J connectivity index is 1.88. The van der Waals surface area contributed by atoms with Crippen LogP contribution < -0.4 is 5.32 Å². The van der Waals surface area contributed by atoms with E-state index in [1.54, 1.807) is 25.3 Å². The van der Waals surface area contributed by atoms with Gasteiger partial charge in [-0.2, -0.15) is 0 Å². The molecule has 0 spiro atoms. The molecule has 0 saturated heterocycles. The quantitative estimate of drug-likeness (QED) is 0.786. The third kappa shape index (κ3) is 3.10. The van der Waals surface area contributed by atoms with Gasteiger partial charge in [-0.05, 0) is 30.7 Å². The van der Waals surface area contributed by atoms with Crippen LogP contribution in [0, 0.1) is 0 Å². The fraction of sp³-hybridized carbons (Fsp3) is 0.222. The Kier molecular flexibility index (Phi) is 4.12. The average Bonchev–Trinajstić information content (AvgIpc) is 3.03. The monoisotopic (exact) mass is 310 g/mol. The van der Waals surface area contributed by atoms with E-state index in [0.717, 1.165) is 11.1 Å². The van der Waals surface area contributed by atoms with Gasteiger partial charge >= 0.3 is 0 Å². The van der Waals surface area contributed by atoms with Crippen molar-refractivity contribution in [3.8, 4) is 0 Å². The zero-order chi connectivity index (χ0) is 16.3. The predicted octanol–water partition coefficient (Wildman–Crippen LogP) is 3.12. The number of fused-ring (bicyclic) bond motifs is 1. The second-order valence-electron chi connectivity index (χ2n) is 5.62. The number of methoxy groups -OCH3 is 1. The molecule has 118 valence electrons. The first-order chi connectivity index (χ1) is 11.1. The summed E-state index contributed by atoms with van der Waals surface area (Å²) in [6, 6.07) is 15.0. The Morgan fingerprint density at radius 2 is 2.04 bits per heavy atom. The number of hydrogen-bond donors (Lipinski definition) is 1. The smallest absolute Gasteiger partial charge is 0.252 e. The maximum Gasteiger partial charge on any atom is 0.252 e. The number of benzene rings is 2. The van der Waals surface area contributed by atoms with Crippen molar-refractivity contribution in [1.29, 1.82) is 0 Å². The van der Waals surface area contributed by atoms with E-state index < -0.39 is 5.54 Å². The number of nitrogens with zero attached hydrogens (tertiary/aromatic N) is 1. The van der Waals surface area contributed by atoms with Gasteiger partial charge < -0.3 is 14.5 Å². The largest absolute Gasteiger partial charge is 0.443 e. The minimum absolute atomic E-state index is 0.188. The molecule has 3 rings (SSSR count). The molecule has 0 fully saturated rings. The number of amides is 1. The topological polar surface area (TPSA) is 64.4 Å². The van der Waals surface area contributed by atoms with Crippen LogP contribution in [0.3, 0.4) is 0 Å². The summed E-state index contributed by atoms with van der Waals surface area (Å²) in [6.07, 6.45) is 1.37. The molecule has 1 N–H and O–H groups in total. The molecule has 5 nitrogen and oxygen atoms in total. The lowest BCUT2D eigenvalue weighted by Gasteiger charge is -2.30. The first-order valence-corrected chi connectivity index (χ1v) is 7.32. The van der Waals surface area contributed by atoms with Crippen LogP contribution in [0.4, 0.5) is 0 Å². The molecule has 3 aromatic rings. The number of rotatable bonds is 5. The molecule has 1 unspecified atom stereocenters. The van der Waals surface area contributed by atoms with Gasteiger partial charge in [0.15, 0.2) is 12.0 Å². The molecular weight excluding hydrogens is 292 g/mol. The summed E-state index contributed by atoms with van der Waals surface area (Å²) >= 11 is 0. The van der Waals surface area contributed by atoms with Crippen LogP contribution in [0.25, 0.3) is 11.1 Å². The lowest BCUT2D eigenvalue weighted by Crippen LogP contribution is -2.46. The van der Waals surface area contributed by atoms with Crippen molar-refractivity contribution < 1.29 is 13.9 Å². The van der Waals surface area contributed by atoms with E-state index >= 15 is 0 Å². The normalized spacial score (nSPS) is 13.7. The molecule has 0 aliphatic heterocycles. The SMILES string of the molecule is COCC(C)(NC(=O)c1ccc2ncoc2c1)c1ccccc1. The van der Waals surface area contributed by atoms with Crippen molar-refractivity contribution in [2.45, 2.75) is 12.5 Å². The summed E-state index contributed by atoms with van der Waals surface area (Å²) in [5.74, 6) is -0.188. The summed E-state index contributed by atoms with van der Waals surface area (Å²) in [5, 5.41) is 3.06. The molecule has 5 heteroatoms. The van der Waals surface area contributed by atoms with Gasteiger partial charge in [0.25, 0.3) is 5.91 Å². The van der Waals surface area contributed by atoms with E-state index in [1.165, 1.54) is 6.39 Å². The highest BCUT2D eigenvalue weighted by Gasteiger charge is 2.29. The van der Waals surface area contributed by atoms with Gasteiger partial charge in [0.05, 0.1) is 12.1 Å². The van der Waals surface area contributed by atoms with Gasteiger partial charge in [0.2, 0.25) is 0 Å². The molecule has 0 radical (unpaired) electrons. The summed E-state index contributed by atoms with van der Waals surface area (Å²) in [6.45, 7) is 2.31. The minimum atomic E-state index is -0.622. The maximum absolute atomic E-state index is 12.6. The number of oxazole rings is 1. The van der Waals surface area contributed by atoms with Crippen molar-refractivity contribution in [3.63, 3.8) is 0 Å². The Morgan fingerprint density at radius 3 is 2.78 bits per heavy atom. The predicted molar refractivity (Wildman–Crippen MR) is 87.1 cm³/mol. The third-order valence-electron chi connectivity index (χ3n) is 3.83. The fourth-order valence-electron chi connectivity index (χ4n) is 2.61. The van der Waals surface area contributed by atoms with Crippen LogP contribution in [0.2, 0.25) is 0 Å². The second-order valence-corrected chi connectivity index (χ2v) is 5.62. The van der Waals surface area contributed by atoms with E-state index in [2.05, 4.69) is 10.3 Å². The number of carbonyl (C=O) groups is 1. The van der Waals surface area contributed by atoms with E-state index in [4.69, 9.17) is 9.15 Å². The van der Waals surface area contributed by atoms with Gasteiger partial charge in [0, 0.05) is 12.7 Å². The Bertz CT molecular complexity index is 813. The fourth-order valence-corrected chi connectivity index (χ4v) is 2.61. The Labute approximate surface area is 134 Å². The van der Waals surface area contributed by atoms with Gasteiger partial charge in [0.1, 0.15) is 5.52 Å². The van der Waals surface area contributed by atoms with Gasteiger partial charge in [-0.25, -0.2) is 4.98 Å². The highest BCUT2D eigenvalue weighted by Crippen LogP contribution is 2.22. The molecule has 1 atom stereocenters. The van der Waals surface area contributed by atoms with Gasteiger partial charge in [-0.3, -0.25) is 4.79 Å². The zero-order valence-electron chi connectivity index (χ0n) is 13.1. The van der Waals surface area contributed by atoms with E-state index in [9.17, 15) is 4.79 Å². The molecule has 0 saturated carbocycles. The van der Waals surface area contributed by atoms with E-state index in [-0.39, 0.29) is 5.91 Å². The summed E-state index contributed by atoms with van der Waals surface area (Å²) < 4.78 is 10.6. The van der Waals surface area contributed by atoms with E-state index in [0.29, 0.717) is 17.8 Å². The molecule has 1 heterocycles. The number of hydrogen-bond acceptors (Lipinski definition) is 4. The van der Waals surface area contributed by atoms with Crippen molar-refractivity contribution in [3.05, 3.63) is 66.1 Å². The van der Waals surface area contributed by atoms with Gasteiger partial charge in [-0.1, -0.05) is 30.3 Å². The molecule has 0 bridgehead atoms. The molecule has 0 aliphatic carbocycles. The number of carbonyl (C=O) groups excluding carboxylic acids is 1. The van der Waals surface area contributed by atoms with Crippen molar-refractivity contribution >= 4 is 17.0 Å². The van der Waals surface area contributed by atoms with Crippen molar-refractivity contribution in [1.82, 2.24) is 10.3 Å². The zero-order valence-corrected chi connectivity index (χ0v) is 13.1. The molecule has 23 heavy (non-hydrogen) atoms. The molecule has 2 aromatic carbocycles. The van der Waals surface area contributed by atoms with Gasteiger partial charge in [-0.15, -0.1) is 0 Å². The standard InChI is InChI=1S/C18H18N2O3/c1-18(11-22-2,14-6-4-3-5-7-14)20-17(21)13-8-9-15-16(10-13)23-12-19-15/h3-10,12H,11H2,1-2H3,(H,20,21). The molecule has 0 aliphatic rings. The first-order valence-electron chi connectivity index (χ1n) is 7.32. The minimum Gasteiger partial charge on any atom is -0.443 e. The summed E-state index contributed by atoms with van der Waals surface area (Å²) in [4.78, 5) is 16.7. The van der Waals surface area contributed by atoms with Crippen LogP contribution >= 0.6 is 0 Å². The van der Waals surface area contributed by atoms with E-state index in [1.807, 2.05) is 37.3 Å². The van der Waals surface area contributed by atoms with Crippen molar-refractivity contribution in [2.24, 2.45) is 0 Å². The first kappa shape index (κ1) is 15.2. The summed E-state index contributed by atoms with van der Waals surface area (Å²) in [5.41, 5.74) is 2.20. The molecular formula is C18H18N2O3. The number of ether oxygens (including phenoxy) is 1. The third-order valence-corrected chi connectivity index (χ3v) is 3.83. The number of aromatic nitrogens is 1. The van der Waals surface area contributed by atoms with Crippen molar-refractivity contribution in [2.75, 3.05) is 13.7 Å². The van der Waals surface area contributed by atoms with Crippen LogP contribution in [0.15, 0.2) is 59.3 Å². The highest BCUT2D eigenvalue weighted by atomic mass is 16.5. The lowest BCUT2D eigenvalue weighted by atomic mass is 9.92. The molecule has 1 amide bonds. The highest BCUT2D eigenvalue weighted by molar-refractivity contribution is 5.97. The Morgan fingerprint density at radius 1 is 1.26 bits per heavy atom. The second kappa shape index (κ2) is 6.22. The summed E-state index contributed by atoms with van der Waals surface area (Å²) in [7, 11) is 1.62. The lowest BCUT2D eigenvalue weighted by molar-refractivity contribution is 0.0786. The average molecular weight is 310 g/mol. The van der Waals surface area contributed by atoms with Crippen LogP contribution in [-0.2, 0) is 10.3 Å². The van der Waals surface area contributed by atoms with Crippen LogP contribution in [0.1, 0.15) is 22.8 Å². The molecule has 1 aromatic heterocycles. The number of nitrogens with one attached hydrogen (secondary N) is 1. The Hall–Kier alpha value is -2.66. The van der Waals surface area contributed by atoms with Crippen LogP contribution in [-0.4, -0.2) is 24.6 Å². The van der Waals surface area contributed by atoms with Crippen LogP contribution in [0.5, 0.6) is 0 Å².